The Labute approximate surface area is 115 Å². The van der Waals surface area contributed by atoms with Crippen LogP contribution in [0.1, 0.15) is 24.5 Å². The van der Waals surface area contributed by atoms with Crippen LogP contribution in [0, 0.1) is 10.1 Å². The molecular weight excluding hydrogens is 258 g/mol. The zero-order valence-electron chi connectivity index (χ0n) is 10.6. The highest BCUT2D eigenvalue weighted by Gasteiger charge is 2.27. The molecule has 0 unspecified atom stereocenters. The van der Waals surface area contributed by atoms with Crippen molar-refractivity contribution in [3.63, 3.8) is 0 Å². The predicted molar refractivity (Wildman–Crippen MR) is 73.9 cm³/mol. The molecule has 1 aromatic heterocycles. The maximum absolute atomic E-state index is 11.1. The number of nitrogens with one attached hydrogen (secondary N) is 1. The smallest absolute Gasteiger partial charge is 0.280 e. The topological polar surface area (TPSA) is 107 Å². The summed E-state index contributed by atoms with van der Waals surface area (Å²) in [6.45, 7) is 0. The summed E-state index contributed by atoms with van der Waals surface area (Å²) in [7, 11) is 0. The number of nitrogens with zero attached hydrogens (tertiary/aromatic N) is 3. The number of hydrazine groups is 1. The number of hydrogen-bond acceptors (Lipinski definition) is 6. The molecule has 1 aromatic carbocycles. The first-order valence-electron chi connectivity index (χ1n) is 6.28. The fraction of sp³-hybridized carbons (Fsp3) is 0.231. The van der Waals surface area contributed by atoms with Crippen LogP contribution in [0.5, 0.6) is 0 Å². The number of nitrogen functional groups attached to an aromatic ring is 1. The van der Waals surface area contributed by atoms with Crippen molar-refractivity contribution in [3.05, 3.63) is 46.1 Å². The number of nitro groups is 1. The number of rotatable bonds is 4. The molecule has 3 N–H and O–H groups in total. The standard InChI is InChI=1S/C13H13N5O2/c14-17-12-7-10(8-5-6-8)15-13(16-12)9-3-1-2-4-11(9)18(19)20/h1-4,7-8H,5-6,14H2,(H,15,16,17). The van der Waals surface area contributed by atoms with Gasteiger partial charge >= 0.3 is 0 Å². The Bertz CT molecular complexity index is 670. The molecule has 0 spiro atoms. The minimum absolute atomic E-state index is 0.0107. The van der Waals surface area contributed by atoms with E-state index < -0.39 is 4.92 Å². The number of benzene rings is 1. The van der Waals surface area contributed by atoms with E-state index in [1.807, 2.05) is 0 Å². The van der Waals surface area contributed by atoms with Gasteiger partial charge in [0.1, 0.15) is 5.82 Å². The van der Waals surface area contributed by atoms with Crippen molar-refractivity contribution >= 4 is 11.5 Å². The minimum atomic E-state index is -0.433. The molecule has 0 saturated heterocycles. The first-order valence-corrected chi connectivity index (χ1v) is 6.28. The van der Waals surface area contributed by atoms with E-state index in [1.54, 1.807) is 24.3 Å². The van der Waals surface area contributed by atoms with Crippen molar-refractivity contribution in [3.8, 4) is 11.4 Å². The van der Waals surface area contributed by atoms with Crippen LogP contribution >= 0.6 is 0 Å². The normalized spacial score (nSPS) is 14.1. The Morgan fingerprint density at radius 3 is 2.70 bits per heavy atom. The van der Waals surface area contributed by atoms with Crippen molar-refractivity contribution in [2.45, 2.75) is 18.8 Å². The Morgan fingerprint density at radius 2 is 2.05 bits per heavy atom. The summed E-state index contributed by atoms with van der Waals surface area (Å²) in [6, 6.07) is 8.22. The Kier molecular flexibility index (Phi) is 3.03. The maximum atomic E-state index is 11.1. The summed E-state index contributed by atoms with van der Waals surface area (Å²) in [6.07, 6.45) is 2.16. The third-order valence-electron chi connectivity index (χ3n) is 3.23. The molecule has 20 heavy (non-hydrogen) atoms. The fourth-order valence-corrected chi connectivity index (χ4v) is 2.07. The van der Waals surface area contributed by atoms with Gasteiger partial charge in [-0.05, 0) is 18.9 Å². The van der Waals surface area contributed by atoms with E-state index in [9.17, 15) is 10.1 Å². The van der Waals surface area contributed by atoms with E-state index in [4.69, 9.17) is 5.84 Å². The summed E-state index contributed by atoms with van der Waals surface area (Å²) < 4.78 is 0. The predicted octanol–water partition coefficient (Wildman–Crippen LogP) is 2.21. The van der Waals surface area contributed by atoms with E-state index in [0.717, 1.165) is 18.5 Å². The van der Waals surface area contributed by atoms with Gasteiger partial charge < -0.3 is 5.43 Å². The van der Waals surface area contributed by atoms with Crippen LogP contribution < -0.4 is 11.3 Å². The molecule has 7 nitrogen and oxygen atoms in total. The van der Waals surface area contributed by atoms with Gasteiger partial charge in [-0.1, -0.05) is 12.1 Å². The molecule has 0 radical (unpaired) electrons. The quantitative estimate of drug-likeness (QED) is 0.501. The molecule has 0 bridgehead atoms. The lowest BCUT2D eigenvalue weighted by Crippen LogP contribution is -2.10. The lowest BCUT2D eigenvalue weighted by atomic mass is 10.1. The van der Waals surface area contributed by atoms with Gasteiger partial charge in [0.15, 0.2) is 5.82 Å². The number of anilines is 1. The number of aromatic nitrogens is 2. The second-order valence-electron chi connectivity index (χ2n) is 4.69. The molecule has 1 aliphatic carbocycles. The highest BCUT2D eigenvalue weighted by atomic mass is 16.6. The Hall–Kier alpha value is -2.54. The van der Waals surface area contributed by atoms with Gasteiger partial charge in [0.05, 0.1) is 10.5 Å². The number of nitro benzene ring substituents is 1. The Balaban J connectivity index is 2.14. The first-order chi connectivity index (χ1) is 9.69. The van der Waals surface area contributed by atoms with Gasteiger partial charge in [0.25, 0.3) is 5.69 Å². The monoisotopic (exact) mass is 271 g/mol. The minimum Gasteiger partial charge on any atom is -0.308 e. The third-order valence-corrected chi connectivity index (χ3v) is 3.23. The van der Waals surface area contributed by atoms with Gasteiger partial charge in [-0.2, -0.15) is 0 Å². The van der Waals surface area contributed by atoms with E-state index in [0.29, 0.717) is 23.1 Å². The zero-order valence-corrected chi connectivity index (χ0v) is 10.6. The second-order valence-corrected chi connectivity index (χ2v) is 4.69. The summed E-state index contributed by atoms with van der Waals surface area (Å²) in [5.74, 6) is 6.61. The largest absolute Gasteiger partial charge is 0.308 e. The number of nitrogens with two attached hydrogens (primary N) is 1. The van der Waals surface area contributed by atoms with Crippen molar-refractivity contribution in [2.24, 2.45) is 5.84 Å². The molecule has 1 saturated carbocycles. The van der Waals surface area contributed by atoms with E-state index in [1.165, 1.54) is 6.07 Å². The van der Waals surface area contributed by atoms with Crippen LogP contribution in [-0.2, 0) is 0 Å². The first kappa shape index (κ1) is 12.5. The average molecular weight is 271 g/mol. The van der Waals surface area contributed by atoms with Gasteiger partial charge in [0.2, 0.25) is 0 Å². The van der Waals surface area contributed by atoms with Crippen LogP contribution in [0.4, 0.5) is 11.5 Å². The van der Waals surface area contributed by atoms with Crippen LogP contribution in [-0.4, -0.2) is 14.9 Å². The Morgan fingerprint density at radius 1 is 1.30 bits per heavy atom. The van der Waals surface area contributed by atoms with Crippen molar-refractivity contribution in [1.29, 1.82) is 0 Å². The summed E-state index contributed by atoms with van der Waals surface area (Å²) in [5.41, 5.74) is 3.75. The number of para-hydroxylation sites is 1. The molecule has 7 heteroatoms. The lowest BCUT2D eigenvalue weighted by molar-refractivity contribution is -0.384. The highest BCUT2D eigenvalue weighted by Crippen LogP contribution is 2.40. The van der Waals surface area contributed by atoms with E-state index in [-0.39, 0.29) is 5.69 Å². The molecule has 0 atom stereocenters. The summed E-state index contributed by atoms with van der Waals surface area (Å²) in [5, 5.41) is 11.1. The van der Waals surface area contributed by atoms with Gasteiger partial charge in [-0.3, -0.25) is 10.1 Å². The van der Waals surface area contributed by atoms with Crippen molar-refractivity contribution in [1.82, 2.24) is 9.97 Å². The zero-order chi connectivity index (χ0) is 14.1. The molecular formula is C13H13N5O2. The van der Waals surface area contributed by atoms with Gasteiger partial charge in [-0.15, -0.1) is 0 Å². The van der Waals surface area contributed by atoms with Crippen LogP contribution in [0.2, 0.25) is 0 Å². The second kappa shape index (κ2) is 4.86. The van der Waals surface area contributed by atoms with Gasteiger partial charge in [-0.25, -0.2) is 15.8 Å². The molecule has 0 aliphatic heterocycles. The van der Waals surface area contributed by atoms with E-state index >= 15 is 0 Å². The molecule has 1 fully saturated rings. The van der Waals surface area contributed by atoms with Crippen LogP contribution in [0.25, 0.3) is 11.4 Å². The van der Waals surface area contributed by atoms with Gasteiger partial charge in [0, 0.05) is 23.7 Å². The molecule has 2 aromatic rings. The average Bonchev–Trinajstić information content (AvgIpc) is 3.31. The SMILES string of the molecule is NNc1cc(C2CC2)nc(-c2ccccc2[N+](=O)[O-])n1. The van der Waals surface area contributed by atoms with Crippen LogP contribution in [0.3, 0.4) is 0 Å². The molecule has 0 amide bonds. The lowest BCUT2D eigenvalue weighted by Gasteiger charge is -2.07. The number of hydrogen-bond donors (Lipinski definition) is 2. The van der Waals surface area contributed by atoms with Crippen molar-refractivity contribution < 1.29 is 4.92 Å². The third kappa shape index (κ3) is 2.30. The summed E-state index contributed by atoms with van der Waals surface area (Å²) in [4.78, 5) is 19.3. The van der Waals surface area contributed by atoms with Crippen molar-refractivity contribution in [2.75, 3.05) is 5.43 Å². The molecule has 1 heterocycles. The van der Waals surface area contributed by atoms with Crippen LogP contribution in [0.15, 0.2) is 30.3 Å². The molecule has 102 valence electrons. The fourth-order valence-electron chi connectivity index (χ4n) is 2.07. The highest BCUT2D eigenvalue weighted by molar-refractivity contribution is 5.68. The summed E-state index contributed by atoms with van der Waals surface area (Å²) >= 11 is 0. The van der Waals surface area contributed by atoms with E-state index in [2.05, 4.69) is 15.4 Å². The maximum Gasteiger partial charge on any atom is 0.280 e. The molecule has 3 rings (SSSR count). The molecule has 1 aliphatic rings.